The molecule has 4 rings (SSSR count). The smallest absolute Gasteiger partial charge is 0.241 e. The molecule has 0 aliphatic carbocycles. The van der Waals surface area contributed by atoms with E-state index >= 15 is 0 Å². The van der Waals surface area contributed by atoms with Crippen LogP contribution in [0.3, 0.4) is 0 Å². The lowest BCUT2D eigenvalue weighted by Gasteiger charge is -2.36. The van der Waals surface area contributed by atoms with Crippen LogP contribution in [-0.2, 0) is 10.2 Å². The molecule has 2 aliphatic rings. The zero-order valence-corrected chi connectivity index (χ0v) is 14.3. The highest BCUT2D eigenvalue weighted by Crippen LogP contribution is 2.44. The van der Waals surface area contributed by atoms with Crippen LogP contribution >= 0.6 is 23.4 Å². The van der Waals surface area contributed by atoms with Crippen molar-refractivity contribution in [2.45, 2.75) is 23.2 Å². The first-order chi connectivity index (χ1) is 11.6. The van der Waals surface area contributed by atoms with Gasteiger partial charge in [0.05, 0.1) is 5.71 Å². The van der Waals surface area contributed by atoms with Crippen LogP contribution in [0.2, 0.25) is 5.02 Å². The third-order valence-corrected chi connectivity index (χ3v) is 5.92. The number of carbonyl (C=O) groups is 1. The Hall–Kier alpha value is -1.85. The summed E-state index contributed by atoms with van der Waals surface area (Å²) in [5.41, 5.74) is 4.48. The standard InChI is InChI=1S/C18H14ClFN2OS/c19-12-3-1-11(2-4-12)18-7-8-24-15-6-5-13(20)9-14(15)17(18)22-21-16(23)10-18/h1-6,9H,7-8,10H2,(H,21,23). The fourth-order valence-electron chi connectivity index (χ4n) is 3.45. The molecule has 1 unspecified atom stereocenters. The molecular formula is C18H14ClFN2OS. The number of carbonyl (C=O) groups excluding carboxylic acids is 1. The number of hydrogen-bond acceptors (Lipinski definition) is 3. The fraction of sp³-hybridized carbons (Fsp3) is 0.222. The number of halogens is 2. The number of nitrogens with one attached hydrogen (secondary N) is 1. The highest BCUT2D eigenvalue weighted by molar-refractivity contribution is 7.99. The van der Waals surface area contributed by atoms with E-state index in [9.17, 15) is 9.18 Å². The molecule has 1 atom stereocenters. The first-order valence-corrected chi connectivity index (χ1v) is 9.01. The van der Waals surface area contributed by atoms with Crippen molar-refractivity contribution in [1.29, 1.82) is 0 Å². The molecule has 3 nitrogen and oxygen atoms in total. The Morgan fingerprint density at radius 1 is 1.21 bits per heavy atom. The normalized spacial score (nSPS) is 22.8. The van der Waals surface area contributed by atoms with Gasteiger partial charge in [0.2, 0.25) is 5.91 Å². The third-order valence-electron chi connectivity index (χ3n) is 4.59. The molecule has 1 amide bonds. The summed E-state index contributed by atoms with van der Waals surface area (Å²) >= 11 is 7.69. The Balaban J connectivity index is 1.95. The van der Waals surface area contributed by atoms with Gasteiger partial charge in [-0.2, -0.15) is 5.10 Å². The van der Waals surface area contributed by atoms with E-state index in [-0.39, 0.29) is 11.7 Å². The van der Waals surface area contributed by atoms with Gasteiger partial charge in [-0.3, -0.25) is 4.79 Å². The number of thioether (sulfide) groups is 1. The molecule has 2 heterocycles. The highest BCUT2D eigenvalue weighted by Gasteiger charge is 2.45. The van der Waals surface area contributed by atoms with Gasteiger partial charge in [0, 0.05) is 27.3 Å². The zero-order valence-electron chi connectivity index (χ0n) is 12.7. The molecule has 2 aromatic rings. The molecule has 0 radical (unpaired) electrons. The third kappa shape index (κ3) is 2.52. The van der Waals surface area contributed by atoms with Crippen molar-refractivity contribution in [1.82, 2.24) is 5.43 Å². The minimum absolute atomic E-state index is 0.126. The number of fused-ring (bicyclic) bond motifs is 3. The fourth-order valence-corrected chi connectivity index (χ4v) is 4.72. The van der Waals surface area contributed by atoms with E-state index in [4.69, 9.17) is 11.6 Å². The first-order valence-electron chi connectivity index (χ1n) is 7.64. The SMILES string of the molecule is O=C1CC2(c3ccc(Cl)cc3)CCSc3ccc(F)cc3C2=NN1. The summed E-state index contributed by atoms with van der Waals surface area (Å²) < 4.78 is 13.9. The predicted octanol–water partition coefficient (Wildman–Crippen LogP) is 4.14. The second kappa shape index (κ2) is 5.90. The summed E-state index contributed by atoms with van der Waals surface area (Å²) in [4.78, 5) is 13.1. The molecule has 0 aromatic heterocycles. The second-order valence-electron chi connectivity index (χ2n) is 6.00. The van der Waals surface area contributed by atoms with E-state index in [1.807, 2.05) is 24.3 Å². The molecule has 0 bridgehead atoms. The van der Waals surface area contributed by atoms with Gasteiger partial charge in [0.15, 0.2) is 0 Å². The number of amides is 1. The average molecular weight is 361 g/mol. The van der Waals surface area contributed by atoms with Crippen LogP contribution in [-0.4, -0.2) is 17.4 Å². The Morgan fingerprint density at radius 3 is 2.79 bits per heavy atom. The van der Waals surface area contributed by atoms with E-state index < -0.39 is 5.41 Å². The molecule has 6 heteroatoms. The lowest BCUT2D eigenvalue weighted by atomic mass is 9.69. The van der Waals surface area contributed by atoms with E-state index in [0.29, 0.717) is 11.4 Å². The number of rotatable bonds is 1. The molecule has 2 aromatic carbocycles. The maximum atomic E-state index is 13.9. The number of hydrazone groups is 1. The van der Waals surface area contributed by atoms with Crippen molar-refractivity contribution in [3.05, 3.63) is 64.4 Å². The largest absolute Gasteiger partial charge is 0.273 e. The average Bonchev–Trinajstić information content (AvgIpc) is 2.72. The molecule has 0 saturated heterocycles. The van der Waals surface area contributed by atoms with Crippen molar-refractivity contribution in [3.63, 3.8) is 0 Å². The van der Waals surface area contributed by atoms with Gasteiger partial charge in [0.1, 0.15) is 5.82 Å². The Bertz CT molecular complexity index is 853. The molecule has 1 N–H and O–H groups in total. The van der Waals surface area contributed by atoms with Crippen LogP contribution in [0.4, 0.5) is 4.39 Å². The number of nitrogens with zero attached hydrogens (tertiary/aromatic N) is 1. The van der Waals surface area contributed by atoms with Crippen LogP contribution in [0.15, 0.2) is 52.5 Å². The minimum Gasteiger partial charge on any atom is -0.273 e. The van der Waals surface area contributed by atoms with Gasteiger partial charge in [0.25, 0.3) is 0 Å². The van der Waals surface area contributed by atoms with Crippen LogP contribution in [0.5, 0.6) is 0 Å². The summed E-state index contributed by atoms with van der Waals surface area (Å²) in [6.07, 6.45) is 1.05. The molecule has 0 spiro atoms. The zero-order chi connectivity index (χ0) is 16.7. The summed E-state index contributed by atoms with van der Waals surface area (Å²) in [6, 6.07) is 12.3. The highest BCUT2D eigenvalue weighted by atomic mass is 35.5. The Morgan fingerprint density at radius 2 is 2.00 bits per heavy atom. The summed E-state index contributed by atoms with van der Waals surface area (Å²) in [5.74, 6) is 0.396. The lowest BCUT2D eigenvalue weighted by Crippen LogP contribution is -2.46. The van der Waals surface area contributed by atoms with E-state index in [1.165, 1.54) is 12.1 Å². The van der Waals surface area contributed by atoms with Gasteiger partial charge in [-0.25, -0.2) is 9.82 Å². The molecule has 24 heavy (non-hydrogen) atoms. The van der Waals surface area contributed by atoms with Crippen LogP contribution in [0, 0.1) is 5.82 Å². The molecule has 0 saturated carbocycles. The molecule has 0 fully saturated rings. The van der Waals surface area contributed by atoms with Crippen LogP contribution in [0.25, 0.3) is 0 Å². The monoisotopic (exact) mass is 360 g/mol. The number of hydrogen-bond donors (Lipinski definition) is 1. The maximum Gasteiger partial charge on any atom is 0.241 e. The van der Waals surface area contributed by atoms with Gasteiger partial charge < -0.3 is 0 Å². The quantitative estimate of drug-likeness (QED) is 0.830. The van der Waals surface area contributed by atoms with Crippen molar-refractivity contribution < 1.29 is 9.18 Å². The second-order valence-corrected chi connectivity index (χ2v) is 7.57. The van der Waals surface area contributed by atoms with Crippen LogP contribution in [0.1, 0.15) is 24.0 Å². The van der Waals surface area contributed by atoms with E-state index in [0.717, 1.165) is 33.9 Å². The van der Waals surface area contributed by atoms with Gasteiger partial charge in [-0.15, -0.1) is 11.8 Å². The first kappa shape index (κ1) is 15.7. The van der Waals surface area contributed by atoms with Crippen molar-refractivity contribution >= 4 is 35.0 Å². The summed E-state index contributed by atoms with van der Waals surface area (Å²) in [7, 11) is 0. The lowest BCUT2D eigenvalue weighted by molar-refractivity contribution is -0.122. The summed E-state index contributed by atoms with van der Waals surface area (Å²) in [5, 5.41) is 4.99. The van der Waals surface area contributed by atoms with Crippen molar-refractivity contribution in [2.75, 3.05) is 5.75 Å². The summed E-state index contributed by atoms with van der Waals surface area (Å²) in [6.45, 7) is 0. The molecule has 2 aliphatic heterocycles. The van der Waals surface area contributed by atoms with Gasteiger partial charge >= 0.3 is 0 Å². The van der Waals surface area contributed by atoms with Crippen molar-refractivity contribution in [2.24, 2.45) is 5.10 Å². The van der Waals surface area contributed by atoms with E-state index in [1.54, 1.807) is 17.8 Å². The molecule has 122 valence electrons. The van der Waals surface area contributed by atoms with Crippen molar-refractivity contribution in [3.8, 4) is 0 Å². The van der Waals surface area contributed by atoms with Gasteiger partial charge in [-0.1, -0.05) is 23.7 Å². The maximum absolute atomic E-state index is 13.9. The Kier molecular flexibility index (Phi) is 3.85. The predicted molar refractivity (Wildman–Crippen MR) is 94.2 cm³/mol. The van der Waals surface area contributed by atoms with E-state index in [2.05, 4.69) is 10.5 Å². The molecular weight excluding hydrogens is 347 g/mol. The minimum atomic E-state index is -0.557. The Labute approximate surface area is 148 Å². The van der Waals surface area contributed by atoms with Gasteiger partial charge in [-0.05, 0) is 48.1 Å². The number of benzene rings is 2. The van der Waals surface area contributed by atoms with Crippen LogP contribution < -0.4 is 5.43 Å². The topological polar surface area (TPSA) is 41.5 Å².